The lowest BCUT2D eigenvalue weighted by molar-refractivity contribution is -0.151. The monoisotopic (exact) mass is 251 g/mol. The topological polar surface area (TPSA) is 72.9 Å². The molecule has 0 N–H and O–H groups in total. The van der Waals surface area contributed by atoms with E-state index >= 15 is 0 Å². The normalized spacial score (nSPS) is 11.5. The zero-order chi connectivity index (χ0) is 12.7. The van der Waals surface area contributed by atoms with Gasteiger partial charge in [0.05, 0.1) is 14.2 Å². The van der Waals surface area contributed by atoms with Gasteiger partial charge in [0.15, 0.2) is 0 Å². The third-order valence-corrected chi connectivity index (χ3v) is 1.93. The largest absolute Gasteiger partial charge is 0.468 e. The highest BCUT2D eigenvalue weighted by molar-refractivity contribution is 6.30. The Labute approximate surface area is 98.4 Å². The van der Waals surface area contributed by atoms with Crippen LogP contribution in [0.4, 0.5) is 0 Å². The van der Waals surface area contributed by atoms with Gasteiger partial charge in [0, 0.05) is 0 Å². The maximum absolute atomic E-state index is 11.5. The molecule has 0 aliphatic carbocycles. The van der Waals surface area contributed by atoms with Crippen LogP contribution in [0.25, 0.3) is 0 Å². The second-order valence-corrected chi connectivity index (χ2v) is 3.62. The molecule has 0 saturated carbocycles. The number of alkyl halides is 1. The molecule has 0 rings (SSSR count). The van der Waals surface area contributed by atoms with Crippen molar-refractivity contribution in [2.45, 2.75) is 12.3 Å². The van der Waals surface area contributed by atoms with Crippen molar-refractivity contribution in [3.8, 4) is 0 Å². The van der Waals surface area contributed by atoms with Crippen molar-refractivity contribution in [1.82, 2.24) is 4.90 Å². The summed E-state index contributed by atoms with van der Waals surface area (Å²) in [6.45, 7) is 0.786. The molecule has 0 saturated heterocycles. The molecule has 1 atom stereocenters. The Morgan fingerprint density at radius 2 is 1.50 bits per heavy atom. The highest BCUT2D eigenvalue weighted by Crippen LogP contribution is 2.02. The molecule has 0 aromatic rings. The molecular formula is C9H14ClNO5. The zero-order valence-electron chi connectivity index (χ0n) is 9.36. The Kier molecular flexibility index (Phi) is 6.48. The molecule has 0 spiro atoms. The van der Waals surface area contributed by atoms with E-state index in [9.17, 15) is 14.4 Å². The van der Waals surface area contributed by atoms with Crippen molar-refractivity contribution in [3.63, 3.8) is 0 Å². The van der Waals surface area contributed by atoms with E-state index in [1.165, 1.54) is 21.1 Å². The number of hydrogen-bond donors (Lipinski definition) is 0. The van der Waals surface area contributed by atoms with Gasteiger partial charge in [-0.15, -0.1) is 11.6 Å². The molecule has 16 heavy (non-hydrogen) atoms. The summed E-state index contributed by atoms with van der Waals surface area (Å²) in [4.78, 5) is 34.5. The summed E-state index contributed by atoms with van der Waals surface area (Å²) < 4.78 is 8.80. The van der Waals surface area contributed by atoms with Crippen LogP contribution in [0.1, 0.15) is 6.92 Å². The Morgan fingerprint density at radius 3 is 1.75 bits per heavy atom. The van der Waals surface area contributed by atoms with E-state index in [2.05, 4.69) is 9.47 Å². The summed E-state index contributed by atoms with van der Waals surface area (Å²) in [7, 11) is 2.38. The quantitative estimate of drug-likeness (QED) is 0.499. The maximum atomic E-state index is 11.5. The van der Waals surface area contributed by atoms with Gasteiger partial charge in [-0.2, -0.15) is 0 Å². The van der Waals surface area contributed by atoms with E-state index < -0.39 is 23.2 Å². The number of halogens is 1. The third kappa shape index (κ3) is 4.97. The van der Waals surface area contributed by atoms with Crippen LogP contribution in [0.2, 0.25) is 0 Å². The number of carbonyl (C=O) groups excluding carboxylic acids is 3. The lowest BCUT2D eigenvalue weighted by Crippen LogP contribution is -2.43. The minimum Gasteiger partial charge on any atom is -0.468 e. The van der Waals surface area contributed by atoms with Gasteiger partial charge in [-0.25, -0.2) is 0 Å². The second-order valence-electron chi connectivity index (χ2n) is 2.96. The van der Waals surface area contributed by atoms with Crippen LogP contribution in [0.15, 0.2) is 0 Å². The highest BCUT2D eigenvalue weighted by Gasteiger charge is 2.23. The van der Waals surface area contributed by atoms with Crippen molar-refractivity contribution in [2.24, 2.45) is 0 Å². The number of amides is 1. The van der Waals surface area contributed by atoms with Gasteiger partial charge in [0.2, 0.25) is 5.91 Å². The fraction of sp³-hybridized carbons (Fsp3) is 0.667. The average Bonchev–Trinajstić information content (AvgIpc) is 2.26. The van der Waals surface area contributed by atoms with E-state index in [0.717, 1.165) is 4.90 Å². The summed E-state index contributed by atoms with van der Waals surface area (Å²) in [5, 5.41) is -0.825. The zero-order valence-corrected chi connectivity index (χ0v) is 10.1. The van der Waals surface area contributed by atoms with Gasteiger partial charge in [0.1, 0.15) is 18.5 Å². The van der Waals surface area contributed by atoms with Crippen LogP contribution in [-0.4, -0.2) is 55.4 Å². The first-order chi connectivity index (χ1) is 7.42. The molecule has 0 aliphatic rings. The summed E-state index contributed by atoms with van der Waals surface area (Å²) in [5.74, 6) is -1.79. The Hall–Kier alpha value is -1.30. The molecule has 0 aromatic heterocycles. The Balaban J connectivity index is 4.56. The fourth-order valence-electron chi connectivity index (χ4n) is 0.904. The third-order valence-electron chi connectivity index (χ3n) is 1.75. The lowest BCUT2D eigenvalue weighted by Gasteiger charge is -2.21. The highest BCUT2D eigenvalue weighted by atomic mass is 35.5. The molecule has 0 bridgehead atoms. The Morgan fingerprint density at radius 1 is 1.12 bits per heavy atom. The minimum atomic E-state index is -0.825. The second kappa shape index (κ2) is 7.05. The van der Waals surface area contributed by atoms with Gasteiger partial charge in [-0.05, 0) is 6.92 Å². The van der Waals surface area contributed by atoms with E-state index in [-0.39, 0.29) is 13.1 Å². The SMILES string of the molecule is COC(=O)CN(CC(=O)OC)C(=O)C(C)Cl. The number of ether oxygens (including phenoxy) is 2. The van der Waals surface area contributed by atoms with E-state index in [0.29, 0.717) is 0 Å². The van der Waals surface area contributed by atoms with Gasteiger partial charge in [-0.3, -0.25) is 14.4 Å². The van der Waals surface area contributed by atoms with Crippen molar-refractivity contribution < 1.29 is 23.9 Å². The molecule has 1 amide bonds. The standard InChI is InChI=1S/C9H14ClNO5/c1-6(10)9(14)11(4-7(12)15-2)5-8(13)16-3/h6H,4-5H2,1-3H3. The fourth-order valence-corrected chi connectivity index (χ4v) is 1.04. The number of methoxy groups -OCH3 is 2. The molecule has 1 unspecified atom stereocenters. The first-order valence-electron chi connectivity index (χ1n) is 4.48. The molecule has 6 nitrogen and oxygen atoms in total. The number of hydrogen-bond acceptors (Lipinski definition) is 5. The molecule has 92 valence electrons. The average molecular weight is 252 g/mol. The van der Waals surface area contributed by atoms with Crippen LogP contribution in [-0.2, 0) is 23.9 Å². The van der Waals surface area contributed by atoms with Crippen molar-refractivity contribution in [3.05, 3.63) is 0 Å². The van der Waals surface area contributed by atoms with Crippen LogP contribution >= 0.6 is 11.6 Å². The number of rotatable bonds is 5. The predicted molar refractivity (Wildman–Crippen MR) is 55.9 cm³/mol. The van der Waals surface area contributed by atoms with Gasteiger partial charge < -0.3 is 14.4 Å². The molecular weight excluding hydrogens is 238 g/mol. The molecule has 0 aromatic carbocycles. The minimum absolute atomic E-state index is 0.332. The van der Waals surface area contributed by atoms with Crippen LogP contribution < -0.4 is 0 Å². The van der Waals surface area contributed by atoms with Crippen LogP contribution in [0, 0.1) is 0 Å². The molecule has 0 heterocycles. The molecule has 0 aliphatic heterocycles. The molecule has 0 radical (unpaired) electrons. The first kappa shape index (κ1) is 14.7. The van der Waals surface area contributed by atoms with E-state index in [4.69, 9.17) is 11.6 Å². The smallest absolute Gasteiger partial charge is 0.325 e. The number of nitrogens with zero attached hydrogens (tertiary/aromatic N) is 1. The first-order valence-corrected chi connectivity index (χ1v) is 4.92. The summed E-state index contributed by atoms with van der Waals surface area (Å²) in [5.41, 5.74) is 0. The van der Waals surface area contributed by atoms with Crippen molar-refractivity contribution in [1.29, 1.82) is 0 Å². The molecule has 7 heteroatoms. The molecule has 0 fully saturated rings. The van der Waals surface area contributed by atoms with Gasteiger partial charge >= 0.3 is 11.9 Å². The van der Waals surface area contributed by atoms with Crippen LogP contribution in [0.3, 0.4) is 0 Å². The van der Waals surface area contributed by atoms with E-state index in [1.54, 1.807) is 0 Å². The van der Waals surface area contributed by atoms with Crippen molar-refractivity contribution in [2.75, 3.05) is 27.3 Å². The Bertz CT molecular complexity index is 261. The summed E-state index contributed by atoms with van der Waals surface area (Å²) in [6.07, 6.45) is 0. The predicted octanol–water partition coefficient (Wildman–Crippen LogP) is -0.212. The summed E-state index contributed by atoms with van der Waals surface area (Å²) in [6, 6.07) is 0. The van der Waals surface area contributed by atoms with Crippen LogP contribution in [0.5, 0.6) is 0 Å². The lowest BCUT2D eigenvalue weighted by atomic mass is 10.3. The summed E-state index contributed by atoms with van der Waals surface area (Å²) >= 11 is 5.58. The van der Waals surface area contributed by atoms with E-state index in [1.807, 2.05) is 0 Å². The number of esters is 2. The maximum Gasteiger partial charge on any atom is 0.325 e. The number of carbonyl (C=O) groups is 3. The van der Waals surface area contributed by atoms with Gasteiger partial charge in [0.25, 0.3) is 0 Å². The van der Waals surface area contributed by atoms with Gasteiger partial charge in [-0.1, -0.05) is 0 Å². The van der Waals surface area contributed by atoms with Crippen molar-refractivity contribution >= 4 is 29.4 Å².